The van der Waals surface area contributed by atoms with Gasteiger partial charge in [-0.25, -0.2) is 0 Å². The van der Waals surface area contributed by atoms with Gasteiger partial charge in [0.2, 0.25) is 0 Å². The summed E-state index contributed by atoms with van der Waals surface area (Å²) in [7, 11) is 2.19. The molecule has 2 nitrogen and oxygen atoms in total. The van der Waals surface area contributed by atoms with Crippen LogP contribution in [0.4, 0.5) is 0 Å². The van der Waals surface area contributed by atoms with Crippen LogP contribution in [0.25, 0.3) is 0 Å². The molecular formula is C14H22N2. The van der Waals surface area contributed by atoms with Gasteiger partial charge in [0, 0.05) is 19.6 Å². The second kappa shape index (κ2) is 6.02. The summed E-state index contributed by atoms with van der Waals surface area (Å²) in [6.45, 7) is 4.51. The van der Waals surface area contributed by atoms with Crippen LogP contribution in [0.15, 0.2) is 30.3 Å². The molecule has 88 valence electrons. The van der Waals surface area contributed by atoms with Gasteiger partial charge in [0.15, 0.2) is 0 Å². The molecule has 0 heterocycles. The molecule has 1 N–H and O–H groups in total. The molecule has 2 rings (SSSR count). The maximum Gasteiger partial charge on any atom is 0.0231 e. The fraction of sp³-hybridized carbons (Fsp3) is 0.571. The predicted octanol–water partition coefficient (Wildman–Crippen LogP) is 2.12. The Hall–Kier alpha value is -0.860. The highest BCUT2D eigenvalue weighted by molar-refractivity contribution is 5.14. The lowest BCUT2D eigenvalue weighted by Crippen LogP contribution is -2.29. The van der Waals surface area contributed by atoms with E-state index in [0.717, 1.165) is 25.6 Å². The maximum atomic E-state index is 3.52. The number of nitrogens with zero attached hydrogens (tertiary/aromatic N) is 1. The van der Waals surface area contributed by atoms with Crippen LogP contribution in [0.2, 0.25) is 0 Å². The molecule has 0 saturated heterocycles. The van der Waals surface area contributed by atoms with Crippen molar-refractivity contribution in [2.24, 2.45) is 5.92 Å². The third-order valence-corrected chi connectivity index (χ3v) is 3.10. The van der Waals surface area contributed by atoms with E-state index in [1.165, 1.54) is 24.9 Å². The lowest BCUT2D eigenvalue weighted by molar-refractivity contribution is 0.324. The molecular weight excluding hydrogens is 196 g/mol. The first-order valence-electron chi connectivity index (χ1n) is 6.28. The van der Waals surface area contributed by atoms with E-state index in [2.05, 4.69) is 47.6 Å². The topological polar surface area (TPSA) is 15.3 Å². The Bertz CT molecular complexity index is 293. The average molecular weight is 218 g/mol. The predicted molar refractivity (Wildman–Crippen MR) is 68.4 cm³/mol. The van der Waals surface area contributed by atoms with E-state index in [9.17, 15) is 0 Å². The van der Waals surface area contributed by atoms with Gasteiger partial charge in [-0.05, 0) is 37.9 Å². The quantitative estimate of drug-likeness (QED) is 0.705. The summed E-state index contributed by atoms with van der Waals surface area (Å²) in [5, 5.41) is 3.52. The molecule has 1 aliphatic rings. The third kappa shape index (κ3) is 4.33. The molecule has 0 radical (unpaired) electrons. The molecule has 0 spiro atoms. The van der Waals surface area contributed by atoms with Gasteiger partial charge in [0.25, 0.3) is 0 Å². The Kier molecular flexibility index (Phi) is 4.37. The van der Waals surface area contributed by atoms with E-state index < -0.39 is 0 Å². The number of benzene rings is 1. The van der Waals surface area contributed by atoms with Crippen LogP contribution >= 0.6 is 0 Å². The third-order valence-electron chi connectivity index (χ3n) is 3.10. The molecule has 16 heavy (non-hydrogen) atoms. The first kappa shape index (κ1) is 11.6. The average Bonchev–Trinajstić information content (AvgIpc) is 3.10. The Morgan fingerprint density at radius 1 is 1.25 bits per heavy atom. The van der Waals surface area contributed by atoms with E-state index in [4.69, 9.17) is 0 Å². The van der Waals surface area contributed by atoms with Gasteiger partial charge in [-0.2, -0.15) is 0 Å². The monoisotopic (exact) mass is 218 g/mol. The SMILES string of the molecule is CN(CCNCC1CC1)Cc1ccccc1. The van der Waals surface area contributed by atoms with Crippen LogP contribution in [0.1, 0.15) is 18.4 Å². The van der Waals surface area contributed by atoms with Gasteiger partial charge in [0.1, 0.15) is 0 Å². The summed E-state index contributed by atoms with van der Waals surface area (Å²) < 4.78 is 0. The minimum atomic E-state index is 0.986. The van der Waals surface area contributed by atoms with Gasteiger partial charge >= 0.3 is 0 Å². The number of likely N-dealkylation sites (N-methyl/N-ethyl adjacent to an activating group) is 1. The smallest absolute Gasteiger partial charge is 0.0231 e. The van der Waals surface area contributed by atoms with Crippen molar-refractivity contribution in [1.82, 2.24) is 10.2 Å². The summed E-state index contributed by atoms with van der Waals surface area (Å²) in [5.41, 5.74) is 1.40. The van der Waals surface area contributed by atoms with Crippen molar-refractivity contribution in [2.45, 2.75) is 19.4 Å². The van der Waals surface area contributed by atoms with Gasteiger partial charge in [0.05, 0.1) is 0 Å². The lowest BCUT2D eigenvalue weighted by atomic mass is 10.2. The number of rotatable bonds is 7. The summed E-state index contributed by atoms with van der Waals surface area (Å²) in [5.74, 6) is 0.986. The standard InChI is InChI=1S/C14H22N2/c1-16(10-9-15-11-13-7-8-13)12-14-5-3-2-4-6-14/h2-6,13,15H,7-12H2,1H3. The first-order valence-corrected chi connectivity index (χ1v) is 6.28. The summed E-state index contributed by atoms with van der Waals surface area (Å²) >= 11 is 0. The normalized spacial score (nSPS) is 15.6. The van der Waals surface area contributed by atoms with Crippen molar-refractivity contribution in [3.63, 3.8) is 0 Å². The number of hydrogen-bond acceptors (Lipinski definition) is 2. The van der Waals surface area contributed by atoms with E-state index in [1.807, 2.05) is 0 Å². The van der Waals surface area contributed by atoms with Crippen molar-refractivity contribution < 1.29 is 0 Å². The maximum absolute atomic E-state index is 3.52. The molecule has 0 amide bonds. The van der Waals surface area contributed by atoms with Crippen molar-refractivity contribution >= 4 is 0 Å². The van der Waals surface area contributed by atoms with Crippen LogP contribution < -0.4 is 5.32 Å². The zero-order valence-electron chi connectivity index (χ0n) is 10.2. The van der Waals surface area contributed by atoms with E-state index >= 15 is 0 Å². The van der Waals surface area contributed by atoms with Crippen LogP contribution in [0.3, 0.4) is 0 Å². The Balaban J connectivity index is 1.58. The Morgan fingerprint density at radius 2 is 2.00 bits per heavy atom. The largest absolute Gasteiger partial charge is 0.315 e. The molecule has 1 fully saturated rings. The molecule has 1 aliphatic carbocycles. The van der Waals surface area contributed by atoms with Gasteiger partial charge < -0.3 is 10.2 Å². The van der Waals surface area contributed by atoms with Crippen LogP contribution in [0, 0.1) is 5.92 Å². The first-order chi connectivity index (χ1) is 7.84. The Morgan fingerprint density at radius 3 is 2.69 bits per heavy atom. The second-order valence-corrected chi connectivity index (χ2v) is 4.87. The molecule has 0 bridgehead atoms. The summed E-state index contributed by atoms with van der Waals surface area (Å²) in [6.07, 6.45) is 2.87. The fourth-order valence-electron chi connectivity index (χ4n) is 1.87. The highest BCUT2D eigenvalue weighted by Crippen LogP contribution is 2.27. The van der Waals surface area contributed by atoms with Gasteiger partial charge in [-0.3, -0.25) is 0 Å². The van der Waals surface area contributed by atoms with Crippen LogP contribution in [0.5, 0.6) is 0 Å². The molecule has 2 heteroatoms. The van der Waals surface area contributed by atoms with Crippen LogP contribution in [-0.4, -0.2) is 31.6 Å². The molecule has 0 atom stereocenters. The summed E-state index contributed by atoms with van der Waals surface area (Å²) in [4.78, 5) is 2.37. The molecule has 1 aromatic rings. The zero-order chi connectivity index (χ0) is 11.2. The van der Waals surface area contributed by atoms with Crippen LogP contribution in [-0.2, 0) is 6.54 Å². The number of nitrogens with one attached hydrogen (secondary N) is 1. The molecule has 0 unspecified atom stereocenters. The minimum absolute atomic E-state index is 0.986. The van der Waals surface area contributed by atoms with E-state index in [-0.39, 0.29) is 0 Å². The van der Waals surface area contributed by atoms with Gasteiger partial charge in [-0.15, -0.1) is 0 Å². The van der Waals surface area contributed by atoms with Crippen molar-refractivity contribution in [3.8, 4) is 0 Å². The van der Waals surface area contributed by atoms with Crippen molar-refractivity contribution in [3.05, 3.63) is 35.9 Å². The highest BCUT2D eigenvalue weighted by atomic mass is 15.1. The fourth-order valence-corrected chi connectivity index (χ4v) is 1.87. The molecule has 0 aromatic heterocycles. The zero-order valence-corrected chi connectivity index (χ0v) is 10.2. The van der Waals surface area contributed by atoms with E-state index in [1.54, 1.807) is 0 Å². The van der Waals surface area contributed by atoms with Gasteiger partial charge in [-0.1, -0.05) is 30.3 Å². The highest BCUT2D eigenvalue weighted by Gasteiger charge is 2.19. The van der Waals surface area contributed by atoms with Crippen molar-refractivity contribution in [1.29, 1.82) is 0 Å². The molecule has 1 saturated carbocycles. The van der Waals surface area contributed by atoms with E-state index in [0.29, 0.717) is 0 Å². The lowest BCUT2D eigenvalue weighted by Gasteiger charge is -2.16. The summed E-state index contributed by atoms with van der Waals surface area (Å²) in [6, 6.07) is 10.7. The Labute approximate surface area is 98.7 Å². The minimum Gasteiger partial charge on any atom is -0.315 e. The van der Waals surface area contributed by atoms with Crippen molar-refractivity contribution in [2.75, 3.05) is 26.7 Å². The molecule has 0 aliphatic heterocycles. The molecule has 1 aromatic carbocycles. The second-order valence-electron chi connectivity index (χ2n) is 4.87. The number of hydrogen-bond donors (Lipinski definition) is 1.